The monoisotopic (exact) mass is 270 g/mol. The third-order valence-electron chi connectivity index (χ3n) is 2.87. The quantitative estimate of drug-likeness (QED) is 0.563. The SMILES string of the molecule is Cc1nn(C)c(C)c1CNC(=O)N[C@@H](CO)C(=O)O. The highest BCUT2D eigenvalue weighted by Gasteiger charge is 2.19. The van der Waals surface area contributed by atoms with Crippen LogP contribution in [-0.2, 0) is 18.4 Å². The molecule has 0 aliphatic carbocycles. The number of aliphatic hydroxyl groups excluding tert-OH is 1. The van der Waals surface area contributed by atoms with Crippen LogP contribution in [0, 0.1) is 13.8 Å². The second kappa shape index (κ2) is 6.19. The van der Waals surface area contributed by atoms with Gasteiger partial charge in [0.1, 0.15) is 0 Å². The normalized spacial score (nSPS) is 12.0. The summed E-state index contributed by atoms with van der Waals surface area (Å²) in [5.74, 6) is -1.29. The molecule has 1 heterocycles. The lowest BCUT2D eigenvalue weighted by molar-refractivity contribution is -0.140. The Morgan fingerprint density at radius 3 is 2.47 bits per heavy atom. The highest BCUT2D eigenvalue weighted by Crippen LogP contribution is 2.10. The van der Waals surface area contributed by atoms with E-state index in [1.165, 1.54) is 0 Å². The first-order valence-corrected chi connectivity index (χ1v) is 5.74. The summed E-state index contributed by atoms with van der Waals surface area (Å²) in [6.45, 7) is 3.29. The van der Waals surface area contributed by atoms with Gasteiger partial charge in [-0.1, -0.05) is 0 Å². The van der Waals surface area contributed by atoms with Gasteiger partial charge in [0.2, 0.25) is 0 Å². The minimum atomic E-state index is -1.31. The lowest BCUT2D eigenvalue weighted by Gasteiger charge is -2.12. The lowest BCUT2D eigenvalue weighted by atomic mass is 10.2. The number of aromatic nitrogens is 2. The molecule has 1 atom stereocenters. The summed E-state index contributed by atoms with van der Waals surface area (Å²) in [5, 5.41) is 26.4. The molecule has 0 saturated heterocycles. The number of nitrogens with one attached hydrogen (secondary N) is 2. The van der Waals surface area contributed by atoms with E-state index in [2.05, 4.69) is 15.7 Å². The molecule has 1 aromatic heterocycles. The maximum Gasteiger partial charge on any atom is 0.328 e. The van der Waals surface area contributed by atoms with Gasteiger partial charge in [0.05, 0.1) is 12.3 Å². The van der Waals surface area contributed by atoms with E-state index < -0.39 is 24.6 Å². The molecule has 106 valence electrons. The zero-order valence-corrected chi connectivity index (χ0v) is 11.1. The molecule has 0 bridgehead atoms. The first-order valence-electron chi connectivity index (χ1n) is 5.74. The smallest absolute Gasteiger partial charge is 0.328 e. The third-order valence-corrected chi connectivity index (χ3v) is 2.87. The zero-order chi connectivity index (χ0) is 14.6. The molecule has 4 N–H and O–H groups in total. The van der Waals surface area contributed by atoms with Crippen molar-refractivity contribution in [2.45, 2.75) is 26.4 Å². The van der Waals surface area contributed by atoms with E-state index >= 15 is 0 Å². The minimum Gasteiger partial charge on any atom is -0.480 e. The number of aliphatic hydroxyl groups is 1. The van der Waals surface area contributed by atoms with Crippen molar-refractivity contribution in [2.75, 3.05) is 6.61 Å². The van der Waals surface area contributed by atoms with Crippen molar-refractivity contribution in [1.82, 2.24) is 20.4 Å². The van der Waals surface area contributed by atoms with E-state index in [-0.39, 0.29) is 6.54 Å². The summed E-state index contributed by atoms with van der Waals surface area (Å²) in [5.41, 5.74) is 2.61. The van der Waals surface area contributed by atoms with Gasteiger partial charge in [-0.05, 0) is 13.8 Å². The van der Waals surface area contributed by atoms with Crippen molar-refractivity contribution in [3.8, 4) is 0 Å². The van der Waals surface area contributed by atoms with Crippen molar-refractivity contribution >= 4 is 12.0 Å². The van der Waals surface area contributed by atoms with Crippen LogP contribution in [0.4, 0.5) is 4.79 Å². The summed E-state index contributed by atoms with van der Waals surface area (Å²) in [6.07, 6.45) is 0. The van der Waals surface area contributed by atoms with E-state index in [1.807, 2.05) is 13.8 Å². The predicted octanol–water partition coefficient (Wildman–Crippen LogP) is -0.718. The topological polar surface area (TPSA) is 116 Å². The van der Waals surface area contributed by atoms with Crippen LogP contribution in [0.15, 0.2) is 0 Å². The van der Waals surface area contributed by atoms with Crippen LogP contribution in [0.1, 0.15) is 17.0 Å². The Morgan fingerprint density at radius 2 is 2.05 bits per heavy atom. The molecule has 2 amide bonds. The van der Waals surface area contributed by atoms with Gasteiger partial charge in [-0.2, -0.15) is 5.10 Å². The second-order valence-corrected chi connectivity index (χ2v) is 4.17. The molecule has 0 fully saturated rings. The number of urea groups is 1. The van der Waals surface area contributed by atoms with Crippen molar-refractivity contribution in [2.24, 2.45) is 7.05 Å². The number of aryl methyl sites for hydroxylation is 2. The predicted molar refractivity (Wildman–Crippen MR) is 66.6 cm³/mol. The fourth-order valence-electron chi connectivity index (χ4n) is 1.64. The van der Waals surface area contributed by atoms with Crippen LogP contribution in [0.3, 0.4) is 0 Å². The fraction of sp³-hybridized carbons (Fsp3) is 0.545. The van der Waals surface area contributed by atoms with Crippen LogP contribution >= 0.6 is 0 Å². The second-order valence-electron chi connectivity index (χ2n) is 4.17. The summed E-state index contributed by atoms with van der Waals surface area (Å²) >= 11 is 0. The van der Waals surface area contributed by atoms with Crippen molar-refractivity contribution in [1.29, 1.82) is 0 Å². The zero-order valence-electron chi connectivity index (χ0n) is 11.1. The molecular weight excluding hydrogens is 252 g/mol. The van der Waals surface area contributed by atoms with E-state index in [9.17, 15) is 9.59 Å². The molecule has 0 saturated carbocycles. The van der Waals surface area contributed by atoms with E-state index in [4.69, 9.17) is 10.2 Å². The first kappa shape index (κ1) is 15.0. The maximum atomic E-state index is 11.5. The van der Waals surface area contributed by atoms with Crippen LogP contribution < -0.4 is 10.6 Å². The number of hydrogen-bond acceptors (Lipinski definition) is 4. The van der Waals surface area contributed by atoms with Crippen LogP contribution in [-0.4, -0.2) is 44.6 Å². The highest BCUT2D eigenvalue weighted by molar-refractivity contribution is 5.82. The van der Waals surface area contributed by atoms with Gasteiger partial charge >= 0.3 is 12.0 Å². The number of carboxylic acid groups (broad SMARTS) is 1. The van der Waals surface area contributed by atoms with Crippen molar-refractivity contribution < 1.29 is 19.8 Å². The molecule has 0 aliphatic heterocycles. The average molecular weight is 270 g/mol. The number of amides is 2. The molecule has 8 nitrogen and oxygen atoms in total. The number of carboxylic acids is 1. The van der Waals surface area contributed by atoms with Gasteiger partial charge in [0, 0.05) is 24.8 Å². The van der Waals surface area contributed by atoms with Crippen molar-refractivity contribution in [3.63, 3.8) is 0 Å². The van der Waals surface area contributed by atoms with Gasteiger partial charge in [-0.3, -0.25) is 4.68 Å². The molecule has 19 heavy (non-hydrogen) atoms. The average Bonchev–Trinajstić information content (AvgIpc) is 2.58. The van der Waals surface area contributed by atoms with Gasteiger partial charge in [-0.25, -0.2) is 9.59 Å². The first-order chi connectivity index (χ1) is 8.86. The number of rotatable bonds is 5. The summed E-state index contributed by atoms with van der Waals surface area (Å²) in [6, 6.07) is -1.96. The number of hydrogen-bond donors (Lipinski definition) is 4. The van der Waals surface area contributed by atoms with Gasteiger partial charge in [0.25, 0.3) is 0 Å². The third kappa shape index (κ3) is 3.68. The molecule has 0 spiro atoms. The van der Waals surface area contributed by atoms with E-state index in [0.717, 1.165) is 17.0 Å². The molecule has 8 heteroatoms. The molecule has 0 aromatic carbocycles. The molecule has 0 aliphatic rings. The lowest BCUT2D eigenvalue weighted by Crippen LogP contribution is -2.47. The Balaban J connectivity index is 2.57. The maximum absolute atomic E-state index is 11.5. The van der Waals surface area contributed by atoms with Crippen LogP contribution in [0.2, 0.25) is 0 Å². The summed E-state index contributed by atoms with van der Waals surface area (Å²) in [7, 11) is 1.80. The summed E-state index contributed by atoms with van der Waals surface area (Å²) in [4.78, 5) is 22.1. The Labute approximate surface area is 110 Å². The highest BCUT2D eigenvalue weighted by atomic mass is 16.4. The standard InChI is InChI=1S/C11H18N4O4/c1-6-8(7(2)15(3)14-6)4-12-11(19)13-9(5-16)10(17)18/h9,16H,4-5H2,1-3H3,(H,17,18)(H2,12,13,19)/t9-/m0/s1. The van der Waals surface area contributed by atoms with E-state index in [1.54, 1.807) is 11.7 Å². The fourth-order valence-corrected chi connectivity index (χ4v) is 1.64. The number of carbonyl (C=O) groups excluding carboxylic acids is 1. The Kier molecular flexibility index (Phi) is 4.87. The molecule has 1 rings (SSSR count). The molecule has 1 aromatic rings. The van der Waals surface area contributed by atoms with Gasteiger partial charge < -0.3 is 20.8 Å². The van der Waals surface area contributed by atoms with Gasteiger partial charge in [-0.15, -0.1) is 0 Å². The minimum absolute atomic E-state index is 0.245. The Morgan fingerprint density at radius 1 is 1.42 bits per heavy atom. The molecule has 0 radical (unpaired) electrons. The summed E-state index contributed by atoms with van der Waals surface area (Å²) < 4.78 is 1.71. The van der Waals surface area contributed by atoms with Crippen molar-refractivity contribution in [3.05, 3.63) is 17.0 Å². The number of nitrogens with zero attached hydrogens (tertiary/aromatic N) is 2. The number of aliphatic carboxylic acids is 1. The van der Waals surface area contributed by atoms with E-state index in [0.29, 0.717) is 0 Å². The van der Waals surface area contributed by atoms with Crippen LogP contribution in [0.5, 0.6) is 0 Å². The Bertz CT molecular complexity index is 483. The molecular formula is C11H18N4O4. The van der Waals surface area contributed by atoms with Gasteiger partial charge in [0.15, 0.2) is 6.04 Å². The number of carbonyl (C=O) groups is 2. The largest absolute Gasteiger partial charge is 0.480 e. The Hall–Kier alpha value is -2.09. The van der Waals surface area contributed by atoms with Crippen LogP contribution in [0.25, 0.3) is 0 Å². The molecule has 0 unspecified atom stereocenters.